The summed E-state index contributed by atoms with van der Waals surface area (Å²) >= 11 is 0. The molecule has 0 spiro atoms. The van der Waals surface area contributed by atoms with E-state index in [0.717, 1.165) is 43.7 Å². The lowest BCUT2D eigenvalue weighted by Gasteiger charge is -2.30. The highest BCUT2D eigenvalue weighted by Gasteiger charge is 2.23. The van der Waals surface area contributed by atoms with E-state index in [9.17, 15) is 4.79 Å². The fraction of sp³-hybridized carbons (Fsp3) is 0.367. The number of ether oxygens (including phenoxy) is 1. The molecule has 6 nitrogen and oxygen atoms in total. The van der Waals surface area contributed by atoms with Gasteiger partial charge in [-0.25, -0.2) is 4.79 Å². The number of nitrogens with two attached hydrogens (primary N) is 1. The Balaban J connectivity index is 1.30. The van der Waals surface area contributed by atoms with Gasteiger partial charge in [-0.1, -0.05) is 72.8 Å². The van der Waals surface area contributed by atoms with Gasteiger partial charge in [-0.05, 0) is 49.4 Å². The topological polar surface area (TPSA) is 70.8 Å². The Labute approximate surface area is 215 Å². The van der Waals surface area contributed by atoms with Crippen LogP contribution in [0.2, 0.25) is 0 Å². The number of nitrogen functional groups attached to an aromatic ring is 1. The minimum Gasteiger partial charge on any atom is -0.448 e. The smallest absolute Gasteiger partial charge is 0.409 e. The summed E-state index contributed by atoms with van der Waals surface area (Å²) in [7, 11) is 0. The number of amides is 1. The average molecular weight is 487 g/mol. The number of nitrogens with zero attached hydrogens (tertiary/aromatic N) is 2. The summed E-state index contributed by atoms with van der Waals surface area (Å²) in [5.74, 6) is 0. The standard InChI is InChI=1S/C30H38N4O2/c1-24(34(21-25-11-4-2-5-12-25)22-26-13-6-3-7-14-26)23-36-30(35)33-19-10-15-27(18-20-33)32-29-17-9-8-16-28(29)31/h2-9,11-14,16-17,24,27,32H,10,15,18-23,31H2,1H3/t24?,27-/m0/s1. The van der Waals surface area contributed by atoms with Crippen molar-refractivity contribution in [3.63, 3.8) is 0 Å². The van der Waals surface area contributed by atoms with E-state index in [4.69, 9.17) is 10.5 Å². The van der Waals surface area contributed by atoms with Gasteiger partial charge in [0.2, 0.25) is 0 Å². The summed E-state index contributed by atoms with van der Waals surface area (Å²) < 4.78 is 5.83. The van der Waals surface area contributed by atoms with Crippen LogP contribution in [0, 0.1) is 0 Å². The molecule has 36 heavy (non-hydrogen) atoms. The Hall–Kier alpha value is -3.51. The summed E-state index contributed by atoms with van der Waals surface area (Å²) in [6.45, 7) is 5.48. The molecule has 0 saturated carbocycles. The largest absolute Gasteiger partial charge is 0.448 e. The van der Waals surface area contributed by atoms with Crippen molar-refractivity contribution in [2.75, 3.05) is 30.7 Å². The van der Waals surface area contributed by atoms with Crippen LogP contribution in [0.15, 0.2) is 84.9 Å². The molecular weight excluding hydrogens is 448 g/mol. The number of para-hydroxylation sites is 2. The summed E-state index contributed by atoms with van der Waals surface area (Å²) in [4.78, 5) is 17.2. The van der Waals surface area contributed by atoms with Crippen molar-refractivity contribution in [2.45, 2.75) is 51.4 Å². The predicted molar refractivity (Wildman–Crippen MR) is 147 cm³/mol. The van der Waals surface area contributed by atoms with Gasteiger partial charge >= 0.3 is 6.09 Å². The van der Waals surface area contributed by atoms with E-state index in [1.807, 2.05) is 41.3 Å². The Morgan fingerprint density at radius 2 is 1.56 bits per heavy atom. The summed E-state index contributed by atoms with van der Waals surface area (Å²) in [5.41, 5.74) is 10.3. The average Bonchev–Trinajstić information content (AvgIpc) is 3.15. The monoisotopic (exact) mass is 486 g/mol. The van der Waals surface area contributed by atoms with E-state index in [2.05, 4.69) is 65.7 Å². The number of benzene rings is 3. The molecule has 0 radical (unpaired) electrons. The van der Waals surface area contributed by atoms with Gasteiger partial charge < -0.3 is 20.7 Å². The minimum atomic E-state index is -0.221. The molecule has 1 heterocycles. The fourth-order valence-corrected chi connectivity index (χ4v) is 4.66. The third-order valence-corrected chi connectivity index (χ3v) is 6.84. The predicted octanol–water partition coefficient (Wildman–Crippen LogP) is 5.76. The van der Waals surface area contributed by atoms with Crippen LogP contribution in [0.3, 0.4) is 0 Å². The molecule has 1 aliphatic heterocycles. The number of rotatable bonds is 9. The van der Waals surface area contributed by atoms with Crippen molar-refractivity contribution in [3.8, 4) is 0 Å². The number of carbonyl (C=O) groups is 1. The first-order valence-electron chi connectivity index (χ1n) is 12.9. The number of hydrogen-bond acceptors (Lipinski definition) is 5. The molecule has 3 N–H and O–H groups in total. The molecule has 3 aromatic carbocycles. The van der Waals surface area contributed by atoms with Crippen molar-refractivity contribution in [2.24, 2.45) is 0 Å². The zero-order chi connectivity index (χ0) is 25.2. The first-order chi connectivity index (χ1) is 17.6. The molecule has 6 heteroatoms. The van der Waals surface area contributed by atoms with E-state index >= 15 is 0 Å². The molecule has 1 aliphatic rings. The van der Waals surface area contributed by atoms with Gasteiger partial charge in [-0.2, -0.15) is 0 Å². The second kappa shape index (κ2) is 13.0. The van der Waals surface area contributed by atoms with Gasteiger partial charge in [0.1, 0.15) is 6.61 Å². The van der Waals surface area contributed by atoms with Crippen LogP contribution in [-0.4, -0.2) is 47.7 Å². The third kappa shape index (κ3) is 7.49. The lowest BCUT2D eigenvalue weighted by Crippen LogP contribution is -2.39. The SMILES string of the molecule is CC(COC(=O)N1CCC[C@H](Nc2ccccc2N)CC1)N(Cc1ccccc1)Cc1ccccc1. The van der Waals surface area contributed by atoms with Crippen LogP contribution in [0.1, 0.15) is 37.3 Å². The van der Waals surface area contributed by atoms with Crippen molar-refractivity contribution in [1.29, 1.82) is 0 Å². The van der Waals surface area contributed by atoms with Crippen LogP contribution in [-0.2, 0) is 17.8 Å². The lowest BCUT2D eigenvalue weighted by atomic mass is 10.1. The van der Waals surface area contributed by atoms with Gasteiger partial charge in [0.25, 0.3) is 0 Å². The Kier molecular flexibility index (Phi) is 9.22. The molecule has 0 bridgehead atoms. The highest BCUT2D eigenvalue weighted by molar-refractivity contribution is 5.68. The van der Waals surface area contributed by atoms with Gasteiger partial charge in [0, 0.05) is 38.3 Å². The quantitative estimate of drug-likeness (QED) is 0.376. The molecule has 1 unspecified atom stereocenters. The van der Waals surface area contributed by atoms with Crippen LogP contribution in [0.4, 0.5) is 16.2 Å². The molecule has 0 aromatic heterocycles. The lowest BCUT2D eigenvalue weighted by molar-refractivity contribution is 0.0648. The molecule has 4 rings (SSSR count). The summed E-state index contributed by atoms with van der Waals surface area (Å²) in [6.07, 6.45) is 2.58. The highest BCUT2D eigenvalue weighted by Crippen LogP contribution is 2.22. The van der Waals surface area contributed by atoms with Crippen LogP contribution in [0.25, 0.3) is 0 Å². The van der Waals surface area contributed by atoms with Gasteiger partial charge in [-0.3, -0.25) is 4.90 Å². The maximum Gasteiger partial charge on any atom is 0.409 e. The first-order valence-corrected chi connectivity index (χ1v) is 12.9. The van der Waals surface area contributed by atoms with Gasteiger partial charge in [-0.15, -0.1) is 0 Å². The molecule has 1 saturated heterocycles. The zero-order valence-corrected chi connectivity index (χ0v) is 21.2. The molecule has 0 aliphatic carbocycles. The summed E-state index contributed by atoms with van der Waals surface area (Å²) in [5, 5.41) is 3.55. The number of hydrogen-bond donors (Lipinski definition) is 2. The number of anilines is 2. The van der Waals surface area contributed by atoms with Crippen LogP contribution >= 0.6 is 0 Å². The maximum absolute atomic E-state index is 13.0. The van der Waals surface area contributed by atoms with E-state index < -0.39 is 0 Å². The first kappa shape index (κ1) is 25.6. The van der Waals surface area contributed by atoms with E-state index in [0.29, 0.717) is 25.7 Å². The van der Waals surface area contributed by atoms with Gasteiger partial charge in [0.05, 0.1) is 11.4 Å². The van der Waals surface area contributed by atoms with E-state index in [1.54, 1.807) is 0 Å². The molecule has 1 amide bonds. The number of nitrogens with one attached hydrogen (secondary N) is 1. The Morgan fingerprint density at radius 3 is 2.19 bits per heavy atom. The molecule has 2 atom stereocenters. The number of carbonyl (C=O) groups excluding carboxylic acids is 1. The van der Waals surface area contributed by atoms with Crippen LogP contribution < -0.4 is 11.1 Å². The van der Waals surface area contributed by atoms with Gasteiger partial charge in [0.15, 0.2) is 0 Å². The maximum atomic E-state index is 13.0. The third-order valence-electron chi connectivity index (χ3n) is 6.84. The van der Waals surface area contributed by atoms with Crippen molar-refractivity contribution >= 4 is 17.5 Å². The van der Waals surface area contributed by atoms with E-state index in [-0.39, 0.29) is 12.1 Å². The molecule has 190 valence electrons. The zero-order valence-electron chi connectivity index (χ0n) is 21.2. The van der Waals surface area contributed by atoms with Crippen molar-refractivity contribution < 1.29 is 9.53 Å². The molecule has 3 aromatic rings. The number of likely N-dealkylation sites (tertiary alicyclic amines) is 1. The van der Waals surface area contributed by atoms with E-state index in [1.165, 1.54) is 11.1 Å². The van der Waals surface area contributed by atoms with Crippen molar-refractivity contribution in [3.05, 3.63) is 96.1 Å². The second-order valence-electron chi connectivity index (χ2n) is 9.65. The molecular formula is C30H38N4O2. The Bertz CT molecular complexity index is 1040. The second-order valence-corrected chi connectivity index (χ2v) is 9.65. The van der Waals surface area contributed by atoms with Crippen LogP contribution in [0.5, 0.6) is 0 Å². The molecule has 1 fully saturated rings. The van der Waals surface area contributed by atoms with Crippen molar-refractivity contribution in [1.82, 2.24) is 9.80 Å². The minimum absolute atomic E-state index is 0.0804. The normalized spacial score (nSPS) is 16.8. The Morgan fingerprint density at radius 1 is 0.944 bits per heavy atom. The summed E-state index contributed by atoms with van der Waals surface area (Å²) in [6, 6.07) is 29.1. The highest BCUT2D eigenvalue weighted by atomic mass is 16.6. The fourth-order valence-electron chi connectivity index (χ4n) is 4.66.